The van der Waals surface area contributed by atoms with E-state index in [1.807, 2.05) is 50.2 Å². The molecule has 7 nitrogen and oxygen atoms in total. The van der Waals surface area contributed by atoms with Crippen molar-refractivity contribution in [3.8, 4) is 17.0 Å². The third-order valence-corrected chi connectivity index (χ3v) is 7.98. The molecular weight excluding hydrogens is 472 g/mol. The van der Waals surface area contributed by atoms with Crippen molar-refractivity contribution in [2.75, 3.05) is 5.32 Å². The van der Waals surface area contributed by atoms with Gasteiger partial charge in [-0.05, 0) is 61.9 Å². The number of hydrogen-bond acceptors (Lipinski definition) is 5. The lowest BCUT2D eigenvalue weighted by molar-refractivity contribution is 0.103. The lowest BCUT2D eigenvalue weighted by atomic mass is 10.0. The first-order valence-corrected chi connectivity index (χ1v) is 13.3. The van der Waals surface area contributed by atoms with Gasteiger partial charge in [0.1, 0.15) is 5.75 Å². The van der Waals surface area contributed by atoms with Crippen LogP contribution in [0.1, 0.15) is 67.2 Å². The van der Waals surface area contributed by atoms with Gasteiger partial charge in [0.2, 0.25) is 0 Å². The summed E-state index contributed by atoms with van der Waals surface area (Å²) in [5.74, 6) is 0.0444. The second-order valence-corrected chi connectivity index (χ2v) is 10.5. The fraction of sp³-hybridized carbons (Fsp3) is 0.321. The summed E-state index contributed by atoms with van der Waals surface area (Å²) >= 11 is 1.43. The van der Waals surface area contributed by atoms with Crippen LogP contribution in [-0.2, 0) is 0 Å². The molecule has 1 aliphatic carbocycles. The summed E-state index contributed by atoms with van der Waals surface area (Å²) in [7, 11) is 0. The first-order chi connectivity index (χ1) is 17.4. The number of rotatable bonds is 6. The van der Waals surface area contributed by atoms with Gasteiger partial charge in [0.05, 0.1) is 16.3 Å². The van der Waals surface area contributed by atoms with E-state index >= 15 is 0 Å². The summed E-state index contributed by atoms with van der Waals surface area (Å²) < 4.78 is 2.51. The second kappa shape index (κ2) is 10.1. The number of hydrogen-bond donors (Lipinski definition) is 3. The quantitative estimate of drug-likeness (QED) is 0.272. The number of fused-ring (bicyclic) bond motifs is 1. The van der Waals surface area contributed by atoms with Crippen molar-refractivity contribution in [1.82, 2.24) is 15.1 Å². The highest BCUT2D eigenvalue weighted by Gasteiger charge is 2.26. The standard InChI is InChI=1S/C28H30N4O3S/c1-3-17(2)29-28(35)32-23(18-8-4-5-9-18)16-22(31-32)21-13-12-20(15-24(21)33)30-27(34)26-14-19-10-6-7-11-25(19)36-26/h6-7,10-18,33H,3-5,8-9H2,1-2H3,(H,29,35)(H,30,34). The number of thiophene rings is 1. The zero-order chi connectivity index (χ0) is 25.2. The fourth-order valence-corrected chi connectivity index (χ4v) is 5.65. The highest BCUT2D eigenvalue weighted by Crippen LogP contribution is 2.38. The summed E-state index contributed by atoms with van der Waals surface area (Å²) in [6.45, 7) is 3.99. The van der Waals surface area contributed by atoms with Crippen LogP contribution < -0.4 is 10.6 Å². The smallest absolute Gasteiger partial charge is 0.342 e. The van der Waals surface area contributed by atoms with E-state index in [1.165, 1.54) is 22.1 Å². The van der Waals surface area contributed by atoms with E-state index in [1.54, 1.807) is 12.1 Å². The molecule has 2 aromatic heterocycles. The molecule has 3 N–H and O–H groups in total. The zero-order valence-corrected chi connectivity index (χ0v) is 21.3. The van der Waals surface area contributed by atoms with Gasteiger partial charge in [0, 0.05) is 34.0 Å². The third-order valence-electron chi connectivity index (χ3n) is 6.87. The van der Waals surface area contributed by atoms with Crippen LogP contribution in [0.5, 0.6) is 5.75 Å². The molecule has 1 aliphatic rings. The molecule has 0 aliphatic heterocycles. The van der Waals surface area contributed by atoms with E-state index in [-0.39, 0.29) is 29.6 Å². The maximum Gasteiger partial charge on any atom is 0.342 e. The maximum atomic E-state index is 13.0. The molecule has 2 aromatic carbocycles. The summed E-state index contributed by atoms with van der Waals surface area (Å²) in [5, 5.41) is 22.3. The molecule has 0 spiro atoms. The molecule has 0 bridgehead atoms. The van der Waals surface area contributed by atoms with Crippen LogP contribution in [-0.4, -0.2) is 32.9 Å². The van der Waals surface area contributed by atoms with Crippen LogP contribution in [0.3, 0.4) is 0 Å². The van der Waals surface area contributed by atoms with Gasteiger partial charge in [-0.3, -0.25) is 4.79 Å². The average molecular weight is 503 g/mol. The number of nitrogens with one attached hydrogen (secondary N) is 2. The van der Waals surface area contributed by atoms with Gasteiger partial charge >= 0.3 is 6.03 Å². The monoisotopic (exact) mass is 502 g/mol. The molecule has 36 heavy (non-hydrogen) atoms. The van der Waals surface area contributed by atoms with Crippen molar-refractivity contribution >= 4 is 39.0 Å². The topological polar surface area (TPSA) is 96.3 Å². The molecule has 0 radical (unpaired) electrons. The van der Waals surface area contributed by atoms with Gasteiger partial charge in [-0.2, -0.15) is 9.78 Å². The van der Waals surface area contributed by atoms with E-state index < -0.39 is 0 Å². The molecule has 186 valence electrons. The average Bonchev–Trinajstić information content (AvgIpc) is 3.63. The van der Waals surface area contributed by atoms with Crippen molar-refractivity contribution in [3.05, 3.63) is 65.2 Å². The zero-order valence-electron chi connectivity index (χ0n) is 20.5. The SMILES string of the molecule is CCC(C)NC(=O)n1nc(-c2ccc(NC(=O)c3cc4ccccc4s3)cc2O)cc1C1CCCC1. The molecular formula is C28H30N4O3S. The van der Waals surface area contributed by atoms with Gasteiger partial charge in [-0.25, -0.2) is 4.79 Å². The van der Waals surface area contributed by atoms with E-state index in [4.69, 9.17) is 0 Å². The van der Waals surface area contributed by atoms with Crippen LogP contribution >= 0.6 is 11.3 Å². The number of aromatic nitrogens is 2. The predicted molar refractivity (Wildman–Crippen MR) is 144 cm³/mol. The maximum absolute atomic E-state index is 13.0. The minimum absolute atomic E-state index is 0.00547. The number of phenolic OH excluding ortho intramolecular Hbond substituents is 1. The van der Waals surface area contributed by atoms with Crippen LogP contribution in [0, 0.1) is 0 Å². The number of anilines is 1. The predicted octanol–water partition coefficient (Wildman–Crippen LogP) is 6.74. The number of phenols is 1. The Hall–Kier alpha value is -3.65. The van der Waals surface area contributed by atoms with Crippen LogP contribution in [0.15, 0.2) is 54.6 Å². The molecule has 2 amide bonds. The Morgan fingerprint density at radius 1 is 1.14 bits per heavy atom. The number of nitrogens with zero attached hydrogens (tertiary/aromatic N) is 2. The Labute approximate surface area is 214 Å². The largest absolute Gasteiger partial charge is 0.507 e. The van der Waals surface area contributed by atoms with E-state index in [0.717, 1.165) is 47.9 Å². The van der Waals surface area contributed by atoms with Crippen molar-refractivity contribution in [2.24, 2.45) is 0 Å². The number of carbonyl (C=O) groups is 2. The fourth-order valence-electron chi connectivity index (χ4n) is 4.69. The van der Waals surface area contributed by atoms with Crippen molar-refractivity contribution in [2.45, 2.75) is 57.9 Å². The highest BCUT2D eigenvalue weighted by molar-refractivity contribution is 7.20. The molecule has 1 fully saturated rings. The van der Waals surface area contributed by atoms with E-state index in [2.05, 4.69) is 15.7 Å². The normalized spacial score (nSPS) is 14.7. The first kappa shape index (κ1) is 24.1. The lowest BCUT2D eigenvalue weighted by Crippen LogP contribution is -2.37. The van der Waals surface area contributed by atoms with Crippen molar-refractivity contribution in [1.29, 1.82) is 0 Å². The van der Waals surface area contributed by atoms with Gasteiger partial charge < -0.3 is 15.7 Å². The molecule has 1 unspecified atom stereocenters. The second-order valence-electron chi connectivity index (χ2n) is 9.44. The van der Waals surface area contributed by atoms with Crippen LogP contribution in [0.2, 0.25) is 0 Å². The van der Waals surface area contributed by atoms with Gasteiger partial charge in [0.25, 0.3) is 5.91 Å². The van der Waals surface area contributed by atoms with Gasteiger partial charge in [0.15, 0.2) is 0 Å². The Bertz CT molecular complexity index is 1380. The molecule has 0 saturated heterocycles. The minimum atomic E-state index is -0.246. The summed E-state index contributed by atoms with van der Waals surface area (Å²) in [5.41, 5.74) is 2.42. The van der Waals surface area contributed by atoms with E-state index in [0.29, 0.717) is 21.8 Å². The number of aromatic hydroxyl groups is 1. The molecule has 2 heterocycles. The Morgan fingerprint density at radius 3 is 2.64 bits per heavy atom. The molecule has 4 aromatic rings. The number of carbonyl (C=O) groups excluding carboxylic acids is 2. The van der Waals surface area contributed by atoms with Crippen LogP contribution in [0.25, 0.3) is 21.3 Å². The van der Waals surface area contributed by atoms with Crippen molar-refractivity contribution < 1.29 is 14.7 Å². The summed E-state index contributed by atoms with van der Waals surface area (Å²) in [6, 6.07) is 16.4. The van der Waals surface area contributed by atoms with Crippen molar-refractivity contribution in [3.63, 3.8) is 0 Å². The lowest BCUT2D eigenvalue weighted by Gasteiger charge is -2.15. The van der Waals surface area contributed by atoms with E-state index in [9.17, 15) is 14.7 Å². The first-order valence-electron chi connectivity index (χ1n) is 12.5. The summed E-state index contributed by atoms with van der Waals surface area (Å²) in [6.07, 6.45) is 5.15. The highest BCUT2D eigenvalue weighted by atomic mass is 32.1. The molecule has 8 heteroatoms. The van der Waals surface area contributed by atoms with Crippen LogP contribution in [0.4, 0.5) is 10.5 Å². The molecule has 1 saturated carbocycles. The van der Waals surface area contributed by atoms with Gasteiger partial charge in [-0.15, -0.1) is 11.3 Å². The Morgan fingerprint density at radius 2 is 1.92 bits per heavy atom. The Kier molecular flexibility index (Phi) is 6.78. The number of amides is 2. The summed E-state index contributed by atoms with van der Waals surface area (Å²) in [4.78, 5) is 26.4. The third kappa shape index (κ3) is 4.86. The minimum Gasteiger partial charge on any atom is -0.507 e. The molecule has 1 atom stereocenters. The Balaban J connectivity index is 1.40. The number of benzene rings is 2. The van der Waals surface area contributed by atoms with Gasteiger partial charge in [-0.1, -0.05) is 38.0 Å². The molecule has 5 rings (SSSR count).